The molecule has 0 bridgehead atoms. The number of hydrogen-bond acceptors (Lipinski definition) is 7. The lowest BCUT2D eigenvalue weighted by molar-refractivity contribution is -0.143. The van der Waals surface area contributed by atoms with Gasteiger partial charge in [0.05, 0.1) is 12.1 Å². The molecule has 0 fully saturated rings. The van der Waals surface area contributed by atoms with Gasteiger partial charge in [0.2, 0.25) is 23.6 Å². The average molecular weight is 431 g/mol. The first-order valence-electron chi connectivity index (χ1n) is 9.62. The Morgan fingerprint density at radius 2 is 1.47 bits per heavy atom. The lowest BCUT2D eigenvalue weighted by Crippen LogP contribution is -2.59. The molecule has 4 amide bonds. The molecule has 12 heteroatoms. The highest BCUT2D eigenvalue weighted by Gasteiger charge is 2.31. The molecule has 5 unspecified atom stereocenters. The molecule has 0 aliphatic heterocycles. The first kappa shape index (κ1) is 27.3. The summed E-state index contributed by atoms with van der Waals surface area (Å²) < 4.78 is 0. The number of aliphatic hydroxyl groups excluding tert-OH is 1. The molecule has 0 aromatic rings. The number of carbonyl (C=O) groups is 5. The summed E-state index contributed by atoms with van der Waals surface area (Å²) in [5.74, 6) is -4.23. The van der Waals surface area contributed by atoms with Crippen LogP contribution in [0, 0.1) is 5.92 Å². The average Bonchev–Trinajstić information content (AvgIpc) is 2.61. The van der Waals surface area contributed by atoms with Crippen LogP contribution >= 0.6 is 0 Å². The number of carboxylic acid groups (broad SMARTS) is 1. The SMILES string of the molecule is CC(C)CC(NC(=O)C(NC(=O)C(C)NC(=O)C(N)CCC(N)=O)C(C)O)C(=O)O. The van der Waals surface area contributed by atoms with Crippen LogP contribution in [0.15, 0.2) is 0 Å². The second-order valence-corrected chi connectivity index (χ2v) is 7.60. The predicted octanol–water partition coefficient (Wildman–Crippen LogP) is -2.43. The van der Waals surface area contributed by atoms with Crippen LogP contribution in [-0.4, -0.2) is 70.1 Å². The van der Waals surface area contributed by atoms with Crippen LogP contribution in [0.4, 0.5) is 0 Å². The molecule has 9 N–H and O–H groups in total. The summed E-state index contributed by atoms with van der Waals surface area (Å²) in [4.78, 5) is 58.8. The van der Waals surface area contributed by atoms with Crippen molar-refractivity contribution >= 4 is 29.6 Å². The van der Waals surface area contributed by atoms with Gasteiger partial charge in [0.15, 0.2) is 0 Å². The second-order valence-electron chi connectivity index (χ2n) is 7.60. The third-order valence-corrected chi connectivity index (χ3v) is 4.17. The molecular formula is C18H33N5O7. The van der Waals surface area contributed by atoms with E-state index in [2.05, 4.69) is 16.0 Å². The fraction of sp³-hybridized carbons (Fsp3) is 0.722. The topological polar surface area (TPSA) is 214 Å². The molecule has 5 atom stereocenters. The van der Waals surface area contributed by atoms with Gasteiger partial charge in [-0.2, -0.15) is 0 Å². The van der Waals surface area contributed by atoms with Crippen molar-refractivity contribution in [3.63, 3.8) is 0 Å². The molecule has 30 heavy (non-hydrogen) atoms. The van der Waals surface area contributed by atoms with Crippen LogP contribution in [0.2, 0.25) is 0 Å². The molecule has 0 heterocycles. The van der Waals surface area contributed by atoms with Crippen molar-refractivity contribution in [1.82, 2.24) is 16.0 Å². The van der Waals surface area contributed by atoms with E-state index in [-0.39, 0.29) is 25.2 Å². The van der Waals surface area contributed by atoms with E-state index < -0.39 is 59.9 Å². The van der Waals surface area contributed by atoms with E-state index in [4.69, 9.17) is 11.5 Å². The summed E-state index contributed by atoms with van der Waals surface area (Å²) in [6, 6.07) is -4.79. The van der Waals surface area contributed by atoms with Gasteiger partial charge in [0, 0.05) is 6.42 Å². The van der Waals surface area contributed by atoms with Gasteiger partial charge in [-0.25, -0.2) is 4.79 Å². The van der Waals surface area contributed by atoms with Crippen molar-refractivity contribution in [2.75, 3.05) is 0 Å². The molecule has 12 nitrogen and oxygen atoms in total. The number of rotatable bonds is 13. The van der Waals surface area contributed by atoms with Gasteiger partial charge in [-0.15, -0.1) is 0 Å². The third-order valence-electron chi connectivity index (χ3n) is 4.17. The van der Waals surface area contributed by atoms with Gasteiger partial charge >= 0.3 is 5.97 Å². The Hall–Kier alpha value is -2.73. The minimum absolute atomic E-state index is 0.000634. The standard InChI is InChI=1S/C18H33N5O7/c1-8(2)7-12(18(29)30)22-17(28)14(10(4)24)23-15(26)9(3)21-16(27)11(19)5-6-13(20)25/h8-12,14,24H,5-7,19H2,1-4H3,(H2,20,25)(H,21,27)(H,22,28)(H,23,26)(H,29,30). The number of hydrogen-bond donors (Lipinski definition) is 7. The number of amides is 4. The molecule has 0 saturated heterocycles. The van der Waals surface area contributed by atoms with Crippen LogP contribution in [0.25, 0.3) is 0 Å². The number of carbonyl (C=O) groups excluding carboxylic acids is 4. The summed E-state index contributed by atoms with van der Waals surface area (Å²) in [7, 11) is 0. The number of carboxylic acids is 1. The van der Waals surface area contributed by atoms with E-state index in [9.17, 15) is 34.2 Å². The van der Waals surface area contributed by atoms with Crippen LogP contribution in [-0.2, 0) is 24.0 Å². The lowest BCUT2D eigenvalue weighted by Gasteiger charge is -2.25. The first-order valence-corrected chi connectivity index (χ1v) is 9.62. The molecular weight excluding hydrogens is 398 g/mol. The van der Waals surface area contributed by atoms with Crippen molar-refractivity contribution in [2.24, 2.45) is 17.4 Å². The number of aliphatic hydroxyl groups is 1. The lowest BCUT2D eigenvalue weighted by atomic mass is 10.0. The third kappa shape index (κ3) is 10.2. The van der Waals surface area contributed by atoms with Crippen LogP contribution < -0.4 is 27.4 Å². The van der Waals surface area contributed by atoms with E-state index >= 15 is 0 Å². The zero-order valence-electron chi connectivity index (χ0n) is 17.7. The van der Waals surface area contributed by atoms with Gasteiger partial charge in [0.25, 0.3) is 0 Å². The van der Waals surface area contributed by atoms with Gasteiger partial charge in [-0.3, -0.25) is 19.2 Å². The Balaban J connectivity index is 4.97. The van der Waals surface area contributed by atoms with Gasteiger partial charge < -0.3 is 37.6 Å². The van der Waals surface area contributed by atoms with Crippen molar-refractivity contribution in [3.05, 3.63) is 0 Å². The van der Waals surface area contributed by atoms with E-state index in [1.54, 1.807) is 13.8 Å². The molecule has 0 spiro atoms. The van der Waals surface area contributed by atoms with E-state index in [0.717, 1.165) is 0 Å². The first-order chi connectivity index (χ1) is 13.8. The molecule has 172 valence electrons. The Morgan fingerprint density at radius 1 is 0.900 bits per heavy atom. The molecule has 0 aromatic carbocycles. The highest BCUT2D eigenvalue weighted by atomic mass is 16.4. The number of nitrogens with one attached hydrogen (secondary N) is 3. The van der Waals surface area contributed by atoms with Crippen molar-refractivity contribution < 1.29 is 34.2 Å². The normalized spacial score (nSPS) is 16.0. The maximum absolute atomic E-state index is 12.4. The molecule has 0 radical (unpaired) electrons. The summed E-state index contributed by atoms with van der Waals surface area (Å²) in [6.07, 6.45) is -1.26. The molecule has 0 aliphatic carbocycles. The fourth-order valence-electron chi connectivity index (χ4n) is 2.45. The minimum atomic E-state index is -1.44. The summed E-state index contributed by atoms with van der Waals surface area (Å²) in [6.45, 7) is 6.17. The molecule has 0 saturated carbocycles. The Bertz CT molecular complexity index is 638. The number of nitrogens with two attached hydrogens (primary N) is 2. The van der Waals surface area contributed by atoms with Crippen LogP contribution in [0.5, 0.6) is 0 Å². The van der Waals surface area contributed by atoms with Crippen LogP contribution in [0.1, 0.15) is 47.0 Å². The number of aliphatic carboxylic acids is 1. The Labute approximate surface area is 175 Å². The van der Waals surface area contributed by atoms with Crippen molar-refractivity contribution in [3.8, 4) is 0 Å². The number of primary amides is 1. The van der Waals surface area contributed by atoms with E-state index in [1.165, 1.54) is 13.8 Å². The van der Waals surface area contributed by atoms with Crippen molar-refractivity contribution in [1.29, 1.82) is 0 Å². The minimum Gasteiger partial charge on any atom is -0.480 e. The van der Waals surface area contributed by atoms with E-state index in [0.29, 0.717) is 0 Å². The highest BCUT2D eigenvalue weighted by Crippen LogP contribution is 2.06. The largest absolute Gasteiger partial charge is 0.480 e. The van der Waals surface area contributed by atoms with E-state index in [1.807, 2.05) is 0 Å². The summed E-state index contributed by atoms with van der Waals surface area (Å²) in [5, 5.41) is 26.0. The monoisotopic (exact) mass is 431 g/mol. The molecule has 0 rings (SSSR count). The second kappa shape index (κ2) is 12.8. The zero-order valence-corrected chi connectivity index (χ0v) is 17.7. The van der Waals surface area contributed by atoms with Crippen molar-refractivity contribution in [2.45, 2.75) is 77.2 Å². The smallest absolute Gasteiger partial charge is 0.326 e. The Morgan fingerprint density at radius 3 is 1.90 bits per heavy atom. The Kier molecular flexibility index (Phi) is 11.6. The zero-order chi connectivity index (χ0) is 23.6. The van der Waals surface area contributed by atoms with Gasteiger partial charge in [0.1, 0.15) is 18.1 Å². The van der Waals surface area contributed by atoms with Gasteiger partial charge in [-0.05, 0) is 32.6 Å². The fourth-order valence-corrected chi connectivity index (χ4v) is 2.45. The molecule has 0 aliphatic rings. The summed E-state index contributed by atoms with van der Waals surface area (Å²) in [5.41, 5.74) is 10.6. The maximum atomic E-state index is 12.4. The van der Waals surface area contributed by atoms with Gasteiger partial charge in [-0.1, -0.05) is 13.8 Å². The highest BCUT2D eigenvalue weighted by molar-refractivity contribution is 5.94. The maximum Gasteiger partial charge on any atom is 0.326 e. The predicted molar refractivity (Wildman–Crippen MR) is 107 cm³/mol. The summed E-state index contributed by atoms with van der Waals surface area (Å²) >= 11 is 0. The molecule has 0 aromatic heterocycles. The van der Waals surface area contributed by atoms with Crippen LogP contribution in [0.3, 0.4) is 0 Å². The quantitative estimate of drug-likeness (QED) is 0.166.